The summed E-state index contributed by atoms with van der Waals surface area (Å²) in [6.07, 6.45) is 0.868. The van der Waals surface area contributed by atoms with Gasteiger partial charge in [-0.1, -0.05) is 6.92 Å². The number of ether oxygens (including phenoxy) is 1. The van der Waals surface area contributed by atoms with Gasteiger partial charge in [-0.05, 0) is 12.3 Å². The van der Waals surface area contributed by atoms with E-state index in [1.165, 1.54) is 0 Å². The second kappa shape index (κ2) is 2.71. The first kappa shape index (κ1) is 7.10. The lowest BCUT2D eigenvalue weighted by atomic mass is 9.88. The van der Waals surface area contributed by atoms with Gasteiger partial charge in [0.1, 0.15) is 7.85 Å². The van der Waals surface area contributed by atoms with Crippen molar-refractivity contribution in [1.29, 1.82) is 0 Å². The van der Waals surface area contributed by atoms with Gasteiger partial charge in [0, 0.05) is 6.00 Å². The van der Waals surface area contributed by atoms with Gasteiger partial charge >= 0.3 is 0 Å². The van der Waals surface area contributed by atoms with Gasteiger partial charge in [-0.3, -0.25) is 0 Å². The molecule has 1 aliphatic rings. The number of aliphatic hydroxyl groups excluding tert-OH is 1. The van der Waals surface area contributed by atoms with Crippen LogP contribution in [0.5, 0.6) is 0 Å². The topological polar surface area (TPSA) is 29.5 Å². The Balaban J connectivity index is 2.35. The average Bonchev–Trinajstić information content (AvgIpc) is 2.13. The van der Waals surface area contributed by atoms with Crippen molar-refractivity contribution >= 4 is 7.85 Å². The Hall–Kier alpha value is -0.0151. The van der Waals surface area contributed by atoms with Crippen LogP contribution in [0.15, 0.2) is 0 Å². The molecule has 1 rings (SSSR count). The lowest BCUT2D eigenvalue weighted by Crippen LogP contribution is -2.15. The molecule has 2 nitrogen and oxygen atoms in total. The third-order valence-electron chi connectivity index (χ3n) is 1.75. The number of hydrogen-bond donors (Lipinski definition) is 1. The molecule has 0 amide bonds. The van der Waals surface area contributed by atoms with Crippen LogP contribution >= 0.6 is 0 Å². The van der Waals surface area contributed by atoms with Crippen molar-refractivity contribution in [3.63, 3.8) is 0 Å². The van der Waals surface area contributed by atoms with Crippen LogP contribution in [0.3, 0.4) is 0 Å². The van der Waals surface area contributed by atoms with E-state index in [2.05, 4.69) is 0 Å². The zero-order valence-electron chi connectivity index (χ0n) is 5.58. The summed E-state index contributed by atoms with van der Waals surface area (Å²) >= 11 is 0. The Morgan fingerprint density at radius 2 is 2.44 bits per heavy atom. The Bertz CT molecular complexity index is 87.1. The van der Waals surface area contributed by atoms with Crippen LogP contribution in [0.25, 0.3) is 0 Å². The molecule has 0 aromatic carbocycles. The van der Waals surface area contributed by atoms with E-state index in [0.29, 0.717) is 5.92 Å². The first-order valence-electron chi connectivity index (χ1n) is 3.26. The molecule has 0 aromatic rings. The predicted molar refractivity (Wildman–Crippen MR) is 35.3 cm³/mol. The molecule has 3 heteroatoms. The van der Waals surface area contributed by atoms with Gasteiger partial charge in [-0.15, -0.1) is 0 Å². The van der Waals surface area contributed by atoms with E-state index in [1.54, 1.807) is 0 Å². The molecule has 0 saturated carbocycles. The van der Waals surface area contributed by atoms with Crippen molar-refractivity contribution in [1.82, 2.24) is 0 Å². The van der Waals surface area contributed by atoms with Gasteiger partial charge in [0.2, 0.25) is 0 Å². The molecular weight excluding hydrogens is 115 g/mol. The standard InChI is InChI=1S/C6H11BO2/c1-4-2-5(3-8)9-6(4)7/h4-6,8H,2-3H2,1H3/t4-,5+,6-/m1/s1. The van der Waals surface area contributed by atoms with E-state index < -0.39 is 0 Å². The maximum atomic E-state index is 8.62. The van der Waals surface area contributed by atoms with Crippen LogP contribution in [0, 0.1) is 5.92 Å². The first-order chi connectivity index (χ1) is 4.24. The van der Waals surface area contributed by atoms with Gasteiger partial charge < -0.3 is 9.84 Å². The van der Waals surface area contributed by atoms with Gasteiger partial charge in [-0.2, -0.15) is 0 Å². The molecule has 1 N–H and O–H groups in total. The quantitative estimate of drug-likeness (QED) is 0.497. The molecule has 2 radical (unpaired) electrons. The monoisotopic (exact) mass is 126 g/mol. The molecule has 1 saturated heterocycles. The summed E-state index contributed by atoms with van der Waals surface area (Å²) < 4.78 is 5.15. The van der Waals surface area contributed by atoms with E-state index >= 15 is 0 Å². The first-order valence-corrected chi connectivity index (χ1v) is 3.26. The molecule has 1 fully saturated rings. The molecule has 50 valence electrons. The fraction of sp³-hybridized carbons (Fsp3) is 1.00. The summed E-state index contributed by atoms with van der Waals surface area (Å²) in [5, 5.41) is 8.62. The summed E-state index contributed by atoms with van der Waals surface area (Å²) in [4.78, 5) is 0. The smallest absolute Gasteiger partial charge is 0.109 e. The fourth-order valence-electron chi connectivity index (χ4n) is 1.08. The molecule has 9 heavy (non-hydrogen) atoms. The van der Waals surface area contributed by atoms with E-state index in [-0.39, 0.29) is 18.7 Å². The highest BCUT2D eigenvalue weighted by Crippen LogP contribution is 2.23. The predicted octanol–water partition coefficient (Wildman–Crippen LogP) is -0.102. The SMILES string of the molecule is [B][C@@H]1O[C@H](CO)C[C@H]1C. The molecule has 0 aliphatic carbocycles. The van der Waals surface area contributed by atoms with Crippen LogP contribution in [-0.4, -0.2) is 31.7 Å². The van der Waals surface area contributed by atoms with Crippen molar-refractivity contribution < 1.29 is 9.84 Å². The lowest BCUT2D eigenvalue weighted by molar-refractivity contribution is 0.0405. The minimum Gasteiger partial charge on any atom is -0.394 e. The normalized spacial score (nSPS) is 43.6. The van der Waals surface area contributed by atoms with E-state index in [1.807, 2.05) is 6.92 Å². The second-order valence-corrected chi connectivity index (χ2v) is 2.62. The molecule has 1 aliphatic heterocycles. The fourth-order valence-corrected chi connectivity index (χ4v) is 1.08. The van der Waals surface area contributed by atoms with Gasteiger partial charge in [0.05, 0.1) is 12.7 Å². The van der Waals surface area contributed by atoms with Crippen molar-refractivity contribution in [2.75, 3.05) is 6.61 Å². The molecule has 0 unspecified atom stereocenters. The summed E-state index contributed by atoms with van der Waals surface area (Å²) in [5.41, 5.74) is 0. The van der Waals surface area contributed by atoms with Crippen LogP contribution in [0.2, 0.25) is 0 Å². The Morgan fingerprint density at radius 1 is 1.78 bits per heavy atom. The van der Waals surface area contributed by atoms with Crippen LogP contribution in [-0.2, 0) is 4.74 Å². The molecule has 0 bridgehead atoms. The summed E-state index contributed by atoms with van der Waals surface area (Å²) in [6, 6.07) is -0.165. The summed E-state index contributed by atoms with van der Waals surface area (Å²) in [6.45, 7) is 2.12. The zero-order chi connectivity index (χ0) is 6.85. The second-order valence-electron chi connectivity index (χ2n) is 2.62. The Morgan fingerprint density at radius 3 is 2.67 bits per heavy atom. The number of aliphatic hydroxyl groups is 1. The van der Waals surface area contributed by atoms with Crippen molar-refractivity contribution in [3.8, 4) is 0 Å². The minimum atomic E-state index is -0.165. The van der Waals surface area contributed by atoms with Gasteiger partial charge in [0.15, 0.2) is 0 Å². The maximum Gasteiger partial charge on any atom is 0.109 e. The van der Waals surface area contributed by atoms with Crippen molar-refractivity contribution in [2.24, 2.45) is 5.92 Å². The van der Waals surface area contributed by atoms with E-state index in [9.17, 15) is 0 Å². The maximum absolute atomic E-state index is 8.62. The molecule has 0 aromatic heterocycles. The van der Waals surface area contributed by atoms with Crippen LogP contribution in [0.1, 0.15) is 13.3 Å². The lowest BCUT2D eigenvalue weighted by Gasteiger charge is -2.07. The van der Waals surface area contributed by atoms with Gasteiger partial charge in [-0.25, -0.2) is 0 Å². The Kier molecular flexibility index (Phi) is 2.14. The largest absolute Gasteiger partial charge is 0.394 e. The van der Waals surface area contributed by atoms with Crippen molar-refractivity contribution in [3.05, 3.63) is 0 Å². The van der Waals surface area contributed by atoms with Gasteiger partial charge in [0.25, 0.3) is 0 Å². The molecule has 1 heterocycles. The highest BCUT2D eigenvalue weighted by Gasteiger charge is 2.27. The van der Waals surface area contributed by atoms with Crippen LogP contribution in [0.4, 0.5) is 0 Å². The van der Waals surface area contributed by atoms with E-state index in [0.717, 1.165) is 6.42 Å². The minimum absolute atomic E-state index is 0.0185. The summed E-state index contributed by atoms with van der Waals surface area (Å²) in [5.74, 6) is 0.391. The van der Waals surface area contributed by atoms with E-state index in [4.69, 9.17) is 17.7 Å². The van der Waals surface area contributed by atoms with Crippen molar-refractivity contribution in [2.45, 2.75) is 25.5 Å². The highest BCUT2D eigenvalue weighted by atomic mass is 16.5. The third-order valence-corrected chi connectivity index (χ3v) is 1.75. The summed E-state index contributed by atoms with van der Waals surface area (Å²) in [7, 11) is 5.51. The number of hydrogen-bond acceptors (Lipinski definition) is 2. The van der Waals surface area contributed by atoms with Crippen LogP contribution < -0.4 is 0 Å². The Labute approximate surface area is 56.6 Å². The molecule has 0 spiro atoms. The molecule has 3 atom stereocenters. The third kappa shape index (κ3) is 1.46. The average molecular weight is 126 g/mol. The zero-order valence-corrected chi connectivity index (χ0v) is 5.58. The highest BCUT2D eigenvalue weighted by molar-refractivity contribution is 6.11. The number of rotatable bonds is 1. The molecular formula is C6H11BO2.